The Balaban J connectivity index is 1.30. The van der Waals surface area contributed by atoms with Crippen LogP contribution in [0.4, 0.5) is 0 Å². The maximum Gasteiger partial charge on any atom is 0.242 e. The van der Waals surface area contributed by atoms with Gasteiger partial charge in [0.2, 0.25) is 11.8 Å². The van der Waals surface area contributed by atoms with Crippen molar-refractivity contribution in [2.75, 3.05) is 26.7 Å². The van der Waals surface area contributed by atoms with Crippen LogP contribution >= 0.6 is 0 Å². The van der Waals surface area contributed by atoms with Gasteiger partial charge in [0.1, 0.15) is 5.75 Å². The SMILES string of the molecule is COc1ccc(CN2C[C@H](OCc3cccnc3)CN(C(=O)[C@@H]3C[C@H]3c3ccccc3)CC2=O)cc1. The van der Waals surface area contributed by atoms with Crippen LogP contribution in [-0.2, 0) is 27.5 Å². The van der Waals surface area contributed by atoms with Crippen molar-refractivity contribution in [3.63, 3.8) is 0 Å². The average Bonchev–Trinajstić information content (AvgIpc) is 3.74. The summed E-state index contributed by atoms with van der Waals surface area (Å²) in [5.41, 5.74) is 3.14. The number of carbonyl (C=O) groups excluding carboxylic acids is 2. The molecule has 2 aliphatic rings. The summed E-state index contributed by atoms with van der Waals surface area (Å²) < 4.78 is 11.5. The largest absolute Gasteiger partial charge is 0.497 e. The molecule has 0 spiro atoms. The number of rotatable bonds is 8. The lowest BCUT2D eigenvalue weighted by Crippen LogP contribution is -2.40. The summed E-state index contributed by atoms with van der Waals surface area (Å²) in [7, 11) is 1.63. The highest BCUT2D eigenvalue weighted by atomic mass is 16.5. The quantitative estimate of drug-likeness (QED) is 0.487. The standard InChI is InChI=1S/C29H31N3O4/c1-35-24-11-9-21(10-12-24)16-31-17-25(36-20-22-6-5-13-30-15-22)18-32(19-28(31)33)29(34)27-14-26(27)23-7-3-2-4-8-23/h2-13,15,25-27H,14,16-20H2,1H3/t25-,26-,27+/m0/s1. The molecular formula is C29H31N3O4. The molecular weight excluding hydrogens is 454 g/mol. The Bertz CT molecular complexity index is 1170. The summed E-state index contributed by atoms with van der Waals surface area (Å²) in [6.07, 6.45) is 4.02. The molecule has 36 heavy (non-hydrogen) atoms. The third-order valence-corrected chi connectivity index (χ3v) is 6.91. The van der Waals surface area contributed by atoms with Crippen LogP contribution in [0.2, 0.25) is 0 Å². The second-order valence-electron chi connectivity index (χ2n) is 9.49. The second kappa shape index (κ2) is 10.9. The Morgan fingerprint density at radius 2 is 1.81 bits per heavy atom. The fraction of sp³-hybridized carbons (Fsp3) is 0.345. The van der Waals surface area contributed by atoms with Gasteiger partial charge >= 0.3 is 0 Å². The number of benzene rings is 2. The number of methoxy groups -OCH3 is 1. The van der Waals surface area contributed by atoms with E-state index >= 15 is 0 Å². The fourth-order valence-corrected chi connectivity index (χ4v) is 4.82. The molecule has 0 radical (unpaired) electrons. The van der Waals surface area contributed by atoms with Gasteiger partial charge < -0.3 is 19.3 Å². The van der Waals surface area contributed by atoms with Crippen molar-refractivity contribution < 1.29 is 19.1 Å². The highest BCUT2D eigenvalue weighted by molar-refractivity contribution is 5.88. The van der Waals surface area contributed by atoms with Crippen LogP contribution in [0.1, 0.15) is 29.0 Å². The Hall–Kier alpha value is -3.71. The monoisotopic (exact) mass is 485 g/mol. The molecule has 7 heteroatoms. The topological polar surface area (TPSA) is 72.0 Å². The lowest BCUT2D eigenvalue weighted by atomic mass is 10.1. The molecule has 2 amide bonds. The first-order valence-corrected chi connectivity index (χ1v) is 12.4. The fourth-order valence-electron chi connectivity index (χ4n) is 4.82. The van der Waals surface area contributed by atoms with E-state index in [1.165, 1.54) is 5.56 Å². The smallest absolute Gasteiger partial charge is 0.242 e. The molecule has 3 atom stereocenters. The Labute approximate surface area is 211 Å². The molecule has 3 aromatic rings. The van der Waals surface area contributed by atoms with Crippen LogP contribution in [0.5, 0.6) is 5.75 Å². The minimum atomic E-state index is -0.298. The van der Waals surface area contributed by atoms with Gasteiger partial charge in [0.05, 0.1) is 26.4 Å². The maximum absolute atomic E-state index is 13.5. The van der Waals surface area contributed by atoms with Gasteiger partial charge in [-0.15, -0.1) is 0 Å². The van der Waals surface area contributed by atoms with Gasteiger partial charge in [0, 0.05) is 37.9 Å². The summed E-state index contributed by atoms with van der Waals surface area (Å²) in [5, 5.41) is 0. The molecule has 0 N–H and O–H groups in total. The number of amides is 2. The van der Waals surface area contributed by atoms with Gasteiger partial charge in [-0.1, -0.05) is 48.5 Å². The summed E-state index contributed by atoms with van der Waals surface area (Å²) in [6, 6.07) is 21.7. The molecule has 1 aliphatic heterocycles. The third kappa shape index (κ3) is 5.74. The van der Waals surface area contributed by atoms with Crippen molar-refractivity contribution in [1.82, 2.24) is 14.8 Å². The highest BCUT2D eigenvalue weighted by Gasteiger charge is 2.47. The van der Waals surface area contributed by atoms with E-state index in [0.29, 0.717) is 26.2 Å². The van der Waals surface area contributed by atoms with Gasteiger partial charge in [-0.25, -0.2) is 0 Å². The number of hydrogen-bond donors (Lipinski definition) is 0. The molecule has 5 rings (SSSR count). The number of nitrogens with zero attached hydrogens (tertiary/aromatic N) is 3. The summed E-state index contributed by atoms with van der Waals surface area (Å²) >= 11 is 0. The first-order valence-electron chi connectivity index (χ1n) is 12.4. The van der Waals surface area contributed by atoms with Crippen molar-refractivity contribution in [2.24, 2.45) is 5.92 Å². The van der Waals surface area contributed by atoms with Crippen LogP contribution in [0, 0.1) is 5.92 Å². The number of carbonyl (C=O) groups is 2. The number of pyridine rings is 1. The van der Waals surface area contributed by atoms with Crippen molar-refractivity contribution in [2.45, 2.75) is 31.6 Å². The molecule has 2 fully saturated rings. The summed E-state index contributed by atoms with van der Waals surface area (Å²) in [4.78, 5) is 34.4. The van der Waals surface area contributed by atoms with E-state index in [0.717, 1.165) is 23.3 Å². The molecule has 1 aromatic heterocycles. The van der Waals surface area contributed by atoms with Crippen LogP contribution in [0.25, 0.3) is 0 Å². The van der Waals surface area contributed by atoms with Crippen LogP contribution in [0.15, 0.2) is 79.1 Å². The average molecular weight is 486 g/mol. The van der Waals surface area contributed by atoms with E-state index in [4.69, 9.17) is 9.47 Å². The van der Waals surface area contributed by atoms with E-state index in [-0.39, 0.29) is 36.3 Å². The van der Waals surface area contributed by atoms with Crippen molar-refractivity contribution in [3.8, 4) is 5.75 Å². The van der Waals surface area contributed by atoms with Crippen molar-refractivity contribution in [3.05, 3.63) is 95.8 Å². The molecule has 186 valence electrons. The number of hydrogen-bond acceptors (Lipinski definition) is 5. The predicted molar refractivity (Wildman–Crippen MR) is 135 cm³/mol. The van der Waals surface area contributed by atoms with Gasteiger partial charge in [0.25, 0.3) is 0 Å². The van der Waals surface area contributed by atoms with E-state index in [9.17, 15) is 9.59 Å². The maximum atomic E-state index is 13.5. The highest BCUT2D eigenvalue weighted by Crippen LogP contribution is 2.48. The molecule has 2 aromatic carbocycles. The molecule has 1 saturated heterocycles. The van der Waals surface area contributed by atoms with Gasteiger partial charge in [-0.3, -0.25) is 14.6 Å². The zero-order valence-corrected chi connectivity index (χ0v) is 20.5. The zero-order chi connectivity index (χ0) is 24.9. The van der Waals surface area contributed by atoms with E-state index in [1.54, 1.807) is 29.3 Å². The van der Waals surface area contributed by atoms with Gasteiger partial charge in [-0.05, 0) is 47.2 Å². The molecule has 7 nitrogen and oxygen atoms in total. The van der Waals surface area contributed by atoms with E-state index in [2.05, 4.69) is 17.1 Å². The minimum absolute atomic E-state index is 0.0403. The molecule has 0 bridgehead atoms. The molecule has 1 aliphatic carbocycles. The minimum Gasteiger partial charge on any atom is -0.497 e. The van der Waals surface area contributed by atoms with E-state index < -0.39 is 0 Å². The van der Waals surface area contributed by atoms with Crippen molar-refractivity contribution >= 4 is 11.8 Å². The lowest BCUT2D eigenvalue weighted by molar-refractivity contribution is -0.139. The van der Waals surface area contributed by atoms with E-state index in [1.807, 2.05) is 54.6 Å². The number of aromatic nitrogens is 1. The summed E-state index contributed by atoms with van der Waals surface area (Å²) in [5.74, 6) is 0.893. The van der Waals surface area contributed by atoms with Gasteiger partial charge in [-0.2, -0.15) is 0 Å². The third-order valence-electron chi connectivity index (χ3n) is 6.91. The normalized spacial score (nSPS) is 21.7. The first kappa shape index (κ1) is 24.0. The first-order chi connectivity index (χ1) is 17.6. The Kier molecular flexibility index (Phi) is 7.28. The summed E-state index contributed by atoms with van der Waals surface area (Å²) in [6.45, 7) is 1.71. The molecule has 1 saturated carbocycles. The predicted octanol–water partition coefficient (Wildman–Crippen LogP) is 3.65. The molecule has 2 heterocycles. The van der Waals surface area contributed by atoms with Crippen LogP contribution in [-0.4, -0.2) is 59.4 Å². The molecule has 0 unspecified atom stereocenters. The second-order valence-corrected chi connectivity index (χ2v) is 9.49. The van der Waals surface area contributed by atoms with Crippen LogP contribution < -0.4 is 4.74 Å². The zero-order valence-electron chi connectivity index (χ0n) is 20.5. The Morgan fingerprint density at radius 3 is 2.53 bits per heavy atom. The Morgan fingerprint density at radius 1 is 1.00 bits per heavy atom. The number of ether oxygens (including phenoxy) is 2. The van der Waals surface area contributed by atoms with Crippen molar-refractivity contribution in [1.29, 1.82) is 0 Å². The lowest BCUT2D eigenvalue weighted by Gasteiger charge is -2.25. The van der Waals surface area contributed by atoms with Crippen LogP contribution in [0.3, 0.4) is 0 Å². The van der Waals surface area contributed by atoms with Gasteiger partial charge in [0.15, 0.2) is 0 Å².